The maximum absolute atomic E-state index is 13.8. The van der Waals surface area contributed by atoms with Crippen molar-refractivity contribution in [3.05, 3.63) is 102 Å². The third kappa shape index (κ3) is 6.23. The number of para-hydroxylation sites is 1. The summed E-state index contributed by atoms with van der Waals surface area (Å²) in [6.07, 6.45) is 2.43. The van der Waals surface area contributed by atoms with E-state index >= 15 is 0 Å². The molecule has 4 aromatic rings. The molecule has 1 fully saturated rings. The molecule has 0 radical (unpaired) electrons. The highest BCUT2D eigenvalue weighted by Crippen LogP contribution is 2.35. The molecule has 0 bridgehead atoms. The summed E-state index contributed by atoms with van der Waals surface area (Å²) < 4.78 is 26.7. The first-order chi connectivity index (χ1) is 18.6. The quantitative estimate of drug-likeness (QED) is 0.330. The Bertz CT molecular complexity index is 1350. The number of hydrogen-bond acceptors (Lipinski definition) is 4. The predicted octanol–water partition coefficient (Wildman–Crippen LogP) is 4.81. The van der Waals surface area contributed by atoms with Gasteiger partial charge in [-0.1, -0.05) is 42.5 Å². The van der Waals surface area contributed by atoms with Crippen molar-refractivity contribution < 1.29 is 18.7 Å². The molecule has 2 heterocycles. The molecule has 0 unspecified atom stereocenters. The number of morpholine rings is 1. The lowest BCUT2D eigenvalue weighted by molar-refractivity contribution is -0.121. The van der Waals surface area contributed by atoms with E-state index in [1.165, 1.54) is 12.1 Å². The molecular weight excluding hydrogens is 481 g/mol. The van der Waals surface area contributed by atoms with Crippen LogP contribution in [0.3, 0.4) is 0 Å². The number of amides is 1. The van der Waals surface area contributed by atoms with Gasteiger partial charge in [-0.2, -0.15) is 0 Å². The molecule has 1 atom stereocenters. The molecule has 1 aliphatic heterocycles. The molecule has 1 saturated heterocycles. The molecule has 0 spiro atoms. The fraction of sp³-hybridized carbons (Fsp3) is 0.323. The minimum Gasteiger partial charge on any atom is -0.497 e. The van der Waals surface area contributed by atoms with E-state index in [-0.39, 0.29) is 24.1 Å². The van der Waals surface area contributed by atoms with E-state index < -0.39 is 0 Å². The number of ether oxygens (including phenoxy) is 2. The van der Waals surface area contributed by atoms with Gasteiger partial charge in [0.1, 0.15) is 11.6 Å². The van der Waals surface area contributed by atoms with Crippen molar-refractivity contribution in [3.8, 4) is 5.75 Å². The monoisotopic (exact) mass is 515 g/mol. The third-order valence-electron chi connectivity index (χ3n) is 7.22. The maximum Gasteiger partial charge on any atom is 0.220 e. The summed E-state index contributed by atoms with van der Waals surface area (Å²) in [6.45, 7) is 5.34. The Morgan fingerprint density at radius 3 is 2.50 bits per heavy atom. The molecule has 0 saturated carbocycles. The van der Waals surface area contributed by atoms with Crippen molar-refractivity contribution in [2.24, 2.45) is 0 Å². The number of methoxy groups -OCH3 is 1. The second-order valence-corrected chi connectivity index (χ2v) is 9.69. The third-order valence-corrected chi connectivity index (χ3v) is 7.22. The van der Waals surface area contributed by atoms with E-state index in [2.05, 4.69) is 45.2 Å². The number of carbonyl (C=O) groups is 1. The SMILES string of the molecule is COc1ccc(Cn2cc([C@H](CC(=O)NCCN3CCOCC3)c3ccc(F)cc3)c3ccccc32)cc1. The molecule has 198 valence electrons. The van der Waals surface area contributed by atoms with Gasteiger partial charge in [0.25, 0.3) is 0 Å². The number of nitrogens with zero attached hydrogens (tertiary/aromatic N) is 2. The largest absolute Gasteiger partial charge is 0.497 e. The van der Waals surface area contributed by atoms with E-state index in [1.807, 2.05) is 24.3 Å². The van der Waals surface area contributed by atoms with Crippen LogP contribution >= 0.6 is 0 Å². The van der Waals surface area contributed by atoms with Gasteiger partial charge in [-0.3, -0.25) is 9.69 Å². The number of aromatic nitrogens is 1. The minimum absolute atomic E-state index is 0.0143. The molecule has 1 N–H and O–H groups in total. The summed E-state index contributed by atoms with van der Waals surface area (Å²) >= 11 is 0. The Balaban J connectivity index is 1.40. The summed E-state index contributed by atoms with van der Waals surface area (Å²) in [5.74, 6) is 0.313. The van der Waals surface area contributed by atoms with E-state index in [0.29, 0.717) is 13.1 Å². The molecule has 6 nitrogen and oxygen atoms in total. The summed E-state index contributed by atoms with van der Waals surface area (Å²) in [5, 5.41) is 4.20. The van der Waals surface area contributed by atoms with Crippen molar-refractivity contribution >= 4 is 16.8 Å². The van der Waals surface area contributed by atoms with Gasteiger partial charge in [0.2, 0.25) is 5.91 Å². The molecule has 0 aliphatic carbocycles. The van der Waals surface area contributed by atoms with E-state index in [4.69, 9.17) is 9.47 Å². The average Bonchev–Trinajstić information content (AvgIpc) is 3.31. The van der Waals surface area contributed by atoms with Crippen molar-refractivity contribution in [1.82, 2.24) is 14.8 Å². The number of benzene rings is 3. The molecular formula is C31H34FN3O3. The van der Waals surface area contributed by atoms with Crippen molar-refractivity contribution in [3.63, 3.8) is 0 Å². The number of nitrogens with one attached hydrogen (secondary N) is 1. The molecule has 38 heavy (non-hydrogen) atoms. The van der Waals surface area contributed by atoms with Crippen molar-refractivity contribution in [2.75, 3.05) is 46.5 Å². The highest BCUT2D eigenvalue weighted by atomic mass is 19.1. The predicted molar refractivity (Wildman–Crippen MR) is 147 cm³/mol. The molecule has 1 aromatic heterocycles. The van der Waals surface area contributed by atoms with Gasteiger partial charge in [-0.25, -0.2) is 4.39 Å². The van der Waals surface area contributed by atoms with E-state index in [0.717, 1.165) is 66.2 Å². The van der Waals surface area contributed by atoms with Crippen LogP contribution in [0.25, 0.3) is 10.9 Å². The maximum atomic E-state index is 13.8. The number of halogens is 1. The molecule has 7 heteroatoms. The summed E-state index contributed by atoms with van der Waals surface area (Å²) in [4.78, 5) is 15.5. The lowest BCUT2D eigenvalue weighted by Crippen LogP contribution is -2.41. The zero-order valence-electron chi connectivity index (χ0n) is 21.7. The highest BCUT2D eigenvalue weighted by Gasteiger charge is 2.23. The lowest BCUT2D eigenvalue weighted by atomic mass is 9.88. The minimum atomic E-state index is -0.288. The Hall–Kier alpha value is -3.68. The Morgan fingerprint density at radius 1 is 1.03 bits per heavy atom. The summed E-state index contributed by atoms with van der Waals surface area (Å²) in [7, 11) is 1.66. The second kappa shape index (κ2) is 12.2. The number of rotatable bonds is 10. The normalized spacial score (nSPS) is 14.9. The van der Waals surface area contributed by atoms with Crippen molar-refractivity contribution in [1.29, 1.82) is 0 Å². The van der Waals surface area contributed by atoms with E-state index in [9.17, 15) is 9.18 Å². The topological polar surface area (TPSA) is 55.7 Å². The number of hydrogen-bond donors (Lipinski definition) is 1. The zero-order valence-corrected chi connectivity index (χ0v) is 21.7. The van der Waals surface area contributed by atoms with Crippen LogP contribution < -0.4 is 10.1 Å². The van der Waals surface area contributed by atoms with Gasteiger partial charge in [0.05, 0.1) is 20.3 Å². The van der Waals surface area contributed by atoms with Crippen molar-refractivity contribution in [2.45, 2.75) is 18.9 Å². The average molecular weight is 516 g/mol. The fourth-order valence-corrected chi connectivity index (χ4v) is 5.15. The van der Waals surface area contributed by atoms with Crippen LogP contribution in [0.5, 0.6) is 5.75 Å². The molecule has 1 aliphatic rings. The van der Waals surface area contributed by atoms with Crippen LogP contribution in [0.2, 0.25) is 0 Å². The number of fused-ring (bicyclic) bond motifs is 1. The molecule has 3 aromatic carbocycles. The van der Waals surface area contributed by atoms with Crippen LogP contribution in [0, 0.1) is 5.82 Å². The van der Waals surface area contributed by atoms with Crippen LogP contribution in [0.15, 0.2) is 79.0 Å². The first-order valence-corrected chi connectivity index (χ1v) is 13.1. The van der Waals surface area contributed by atoms with Crippen LogP contribution in [0.1, 0.15) is 29.0 Å². The zero-order chi connectivity index (χ0) is 26.3. The standard InChI is InChI=1S/C31H34FN3O3/c1-37-26-12-6-23(7-13-26)21-35-22-29(27-4-2-3-5-30(27)35)28(24-8-10-25(32)11-9-24)20-31(36)33-14-15-34-16-18-38-19-17-34/h2-13,22,28H,14-21H2,1H3,(H,33,36)/t28-/m1/s1. The second-order valence-electron chi connectivity index (χ2n) is 9.69. The molecule has 5 rings (SSSR count). The summed E-state index contributed by atoms with van der Waals surface area (Å²) in [5.41, 5.74) is 4.22. The summed E-state index contributed by atoms with van der Waals surface area (Å²) in [6, 6.07) is 22.8. The first-order valence-electron chi connectivity index (χ1n) is 13.1. The van der Waals surface area contributed by atoms with E-state index in [1.54, 1.807) is 19.2 Å². The fourth-order valence-electron chi connectivity index (χ4n) is 5.15. The number of carbonyl (C=O) groups excluding carboxylic acids is 1. The Morgan fingerprint density at radius 2 is 1.76 bits per heavy atom. The van der Waals surface area contributed by atoms with Gasteiger partial charge in [0, 0.05) is 62.2 Å². The van der Waals surface area contributed by atoms with Gasteiger partial charge in [-0.15, -0.1) is 0 Å². The van der Waals surface area contributed by atoms with Gasteiger partial charge in [-0.05, 0) is 47.0 Å². The first kappa shape index (κ1) is 25.9. The molecule has 1 amide bonds. The lowest BCUT2D eigenvalue weighted by Gasteiger charge is -2.26. The smallest absolute Gasteiger partial charge is 0.220 e. The van der Waals surface area contributed by atoms with Gasteiger partial charge < -0.3 is 19.4 Å². The van der Waals surface area contributed by atoms with Crippen LogP contribution in [0.4, 0.5) is 4.39 Å². The van der Waals surface area contributed by atoms with Crippen LogP contribution in [-0.4, -0.2) is 61.9 Å². The van der Waals surface area contributed by atoms with Gasteiger partial charge >= 0.3 is 0 Å². The highest BCUT2D eigenvalue weighted by molar-refractivity contribution is 5.86. The Kier molecular flexibility index (Phi) is 8.36. The van der Waals surface area contributed by atoms with Gasteiger partial charge in [0.15, 0.2) is 0 Å². The Labute approximate surface area is 223 Å². The van der Waals surface area contributed by atoms with Crippen LogP contribution in [-0.2, 0) is 16.1 Å².